The van der Waals surface area contributed by atoms with Crippen LogP contribution in [0.25, 0.3) is 10.2 Å². The maximum absolute atomic E-state index is 12.5. The van der Waals surface area contributed by atoms with Crippen LogP contribution in [-0.4, -0.2) is 35.7 Å². The number of benzene rings is 2. The van der Waals surface area contributed by atoms with Gasteiger partial charge in [-0.3, -0.25) is 4.79 Å². The van der Waals surface area contributed by atoms with Crippen molar-refractivity contribution in [1.29, 1.82) is 0 Å². The molecule has 1 heterocycles. The Bertz CT molecular complexity index is 980. The number of carbonyl (C=O) groups excluding carboxylic acids is 1. The van der Waals surface area contributed by atoms with Crippen molar-refractivity contribution in [2.75, 3.05) is 25.2 Å². The maximum Gasteiger partial charge on any atom is 0.258 e. The Balaban J connectivity index is 1.78. The number of hydrogen-bond donors (Lipinski definition) is 0. The molecule has 0 aliphatic heterocycles. The molecule has 0 spiro atoms. The molecule has 0 saturated heterocycles. The number of hydrogen-bond acceptors (Lipinski definition) is 5. The fraction of sp³-hybridized carbons (Fsp3) is 0.333. The van der Waals surface area contributed by atoms with Gasteiger partial charge in [-0.05, 0) is 36.9 Å². The van der Waals surface area contributed by atoms with E-state index in [4.69, 9.17) is 4.74 Å². The van der Waals surface area contributed by atoms with Crippen LogP contribution in [0, 0.1) is 0 Å². The van der Waals surface area contributed by atoms with Gasteiger partial charge in [0.2, 0.25) is 0 Å². The smallest absolute Gasteiger partial charge is 0.258 e. The number of nitrogens with zero attached hydrogens (tertiary/aromatic N) is 2. The van der Waals surface area contributed by atoms with Crippen LogP contribution in [0.5, 0.6) is 0 Å². The van der Waals surface area contributed by atoms with Gasteiger partial charge in [0, 0.05) is 23.8 Å². The topological polar surface area (TPSA) is 43.6 Å². The minimum atomic E-state index is -0.0947. The maximum atomic E-state index is 12.5. The number of carbonyl (C=O) groups is 1. The quantitative estimate of drug-likeness (QED) is 0.359. The van der Waals surface area contributed by atoms with E-state index in [1.807, 2.05) is 25.1 Å². The lowest BCUT2D eigenvalue weighted by atomic mass is 10.2. The summed E-state index contributed by atoms with van der Waals surface area (Å²) in [5, 5.41) is 0. The van der Waals surface area contributed by atoms with E-state index >= 15 is 0 Å². The average molecular weight is 433 g/mol. The summed E-state index contributed by atoms with van der Waals surface area (Å²) in [5.41, 5.74) is 2.32. The fourth-order valence-corrected chi connectivity index (χ4v) is 5.15. The molecule has 1 amide bonds. The van der Waals surface area contributed by atoms with Crippen molar-refractivity contribution >= 4 is 51.0 Å². The highest BCUT2D eigenvalue weighted by Gasteiger charge is 2.09. The predicted molar refractivity (Wildman–Crippen MR) is 121 cm³/mol. The Morgan fingerprint density at radius 3 is 2.79 bits per heavy atom. The molecular weight excluding hydrogens is 408 g/mol. The van der Waals surface area contributed by atoms with E-state index in [0.29, 0.717) is 25.5 Å². The first kappa shape index (κ1) is 21.2. The number of amides is 1. The van der Waals surface area contributed by atoms with Crippen molar-refractivity contribution in [1.82, 2.24) is 4.57 Å². The van der Waals surface area contributed by atoms with Crippen LogP contribution in [0.15, 0.2) is 58.4 Å². The van der Waals surface area contributed by atoms with Crippen LogP contribution < -0.4 is 4.80 Å². The molecule has 0 aliphatic carbocycles. The van der Waals surface area contributed by atoms with Crippen molar-refractivity contribution in [3.63, 3.8) is 0 Å². The molecule has 3 rings (SSSR count). The van der Waals surface area contributed by atoms with Crippen LogP contribution in [-0.2, 0) is 21.8 Å². The number of thioether (sulfide) groups is 2. The predicted octanol–water partition coefficient (Wildman–Crippen LogP) is 4.82. The third kappa shape index (κ3) is 5.73. The molecule has 148 valence electrons. The third-order valence-corrected chi connectivity index (χ3v) is 6.87. The second kappa shape index (κ2) is 10.9. The Morgan fingerprint density at radius 2 is 2.04 bits per heavy atom. The summed E-state index contributed by atoms with van der Waals surface area (Å²) in [6.07, 6.45) is 2.07. The van der Waals surface area contributed by atoms with E-state index < -0.39 is 0 Å². The molecule has 0 unspecified atom stereocenters. The number of fused-ring (bicyclic) bond motifs is 1. The zero-order chi connectivity index (χ0) is 19.8. The van der Waals surface area contributed by atoms with Gasteiger partial charge in [0.15, 0.2) is 4.80 Å². The first-order chi connectivity index (χ1) is 13.7. The van der Waals surface area contributed by atoms with Crippen LogP contribution in [0.3, 0.4) is 0 Å². The molecule has 0 saturated carbocycles. The number of thiazole rings is 1. The van der Waals surface area contributed by atoms with Crippen LogP contribution >= 0.6 is 34.9 Å². The molecule has 1 aromatic heterocycles. The summed E-state index contributed by atoms with van der Waals surface area (Å²) in [6.45, 7) is 3.97. The van der Waals surface area contributed by atoms with E-state index in [-0.39, 0.29) is 5.91 Å². The summed E-state index contributed by atoms with van der Waals surface area (Å²) < 4.78 is 8.77. The lowest BCUT2D eigenvalue weighted by Gasteiger charge is -2.06. The molecule has 0 N–H and O–H groups in total. The number of rotatable bonds is 9. The highest BCUT2D eigenvalue weighted by atomic mass is 32.2. The van der Waals surface area contributed by atoms with Gasteiger partial charge in [-0.1, -0.05) is 41.7 Å². The minimum absolute atomic E-state index is 0.0947. The average Bonchev–Trinajstić information content (AvgIpc) is 3.05. The SMILES string of the molecule is CCOCCn1c(=NC(=O)CSCc2ccccc2)sc2cc(SC)ccc21. The standard InChI is InChI=1S/C21H24N2O2S3/c1-3-25-12-11-23-18-10-9-17(26-2)13-19(18)28-21(23)22-20(24)15-27-14-16-7-5-4-6-8-16/h4-10,13H,3,11-12,14-15H2,1-2H3. The Morgan fingerprint density at radius 1 is 1.21 bits per heavy atom. The van der Waals surface area contributed by atoms with Gasteiger partial charge in [-0.2, -0.15) is 4.99 Å². The summed E-state index contributed by atoms with van der Waals surface area (Å²) in [6, 6.07) is 16.6. The van der Waals surface area contributed by atoms with Crippen molar-refractivity contribution in [3.8, 4) is 0 Å². The zero-order valence-electron chi connectivity index (χ0n) is 16.1. The fourth-order valence-electron chi connectivity index (χ4n) is 2.75. The molecule has 2 aromatic carbocycles. The lowest BCUT2D eigenvalue weighted by molar-refractivity contribution is -0.115. The molecule has 4 nitrogen and oxygen atoms in total. The van der Waals surface area contributed by atoms with Crippen molar-refractivity contribution in [2.45, 2.75) is 24.1 Å². The van der Waals surface area contributed by atoms with Gasteiger partial charge in [0.1, 0.15) is 0 Å². The molecule has 3 aromatic rings. The molecule has 0 bridgehead atoms. The van der Waals surface area contributed by atoms with Gasteiger partial charge in [0.25, 0.3) is 5.91 Å². The highest BCUT2D eigenvalue weighted by Crippen LogP contribution is 2.24. The summed E-state index contributed by atoms with van der Waals surface area (Å²) >= 11 is 4.88. The van der Waals surface area contributed by atoms with Gasteiger partial charge in [-0.25, -0.2) is 0 Å². The largest absolute Gasteiger partial charge is 0.380 e. The Labute approximate surface area is 178 Å². The summed E-state index contributed by atoms with van der Waals surface area (Å²) in [4.78, 5) is 18.8. The number of aromatic nitrogens is 1. The molecular formula is C21H24N2O2S3. The van der Waals surface area contributed by atoms with Crippen LogP contribution in [0.1, 0.15) is 12.5 Å². The summed E-state index contributed by atoms with van der Waals surface area (Å²) in [7, 11) is 0. The van der Waals surface area contributed by atoms with Gasteiger partial charge < -0.3 is 9.30 Å². The van der Waals surface area contributed by atoms with E-state index in [0.717, 1.165) is 20.8 Å². The van der Waals surface area contributed by atoms with E-state index in [1.54, 1.807) is 34.9 Å². The van der Waals surface area contributed by atoms with Crippen molar-refractivity contribution in [3.05, 3.63) is 58.9 Å². The zero-order valence-corrected chi connectivity index (χ0v) is 18.5. The van der Waals surface area contributed by atoms with E-state index in [1.165, 1.54) is 10.5 Å². The lowest BCUT2D eigenvalue weighted by Crippen LogP contribution is -2.20. The number of ether oxygens (including phenoxy) is 1. The molecule has 0 radical (unpaired) electrons. The molecule has 0 aliphatic rings. The Kier molecular flexibility index (Phi) is 8.21. The first-order valence-corrected chi connectivity index (χ1v) is 12.3. The summed E-state index contributed by atoms with van der Waals surface area (Å²) in [5.74, 6) is 1.10. The molecule has 0 atom stereocenters. The van der Waals surface area contributed by atoms with Gasteiger partial charge >= 0.3 is 0 Å². The second-order valence-corrected chi connectivity index (χ2v) is 8.93. The van der Waals surface area contributed by atoms with Gasteiger partial charge in [0.05, 0.1) is 22.6 Å². The van der Waals surface area contributed by atoms with E-state index in [2.05, 4.69) is 46.1 Å². The molecule has 28 heavy (non-hydrogen) atoms. The van der Waals surface area contributed by atoms with Crippen molar-refractivity contribution < 1.29 is 9.53 Å². The van der Waals surface area contributed by atoms with Crippen LogP contribution in [0.4, 0.5) is 0 Å². The monoisotopic (exact) mass is 432 g/mol. The van der Waals surface area contributed by atoms with Gasteiger partial charge in [-0.15, -0.1) is 23.5 Å². The normalized spacial score (nSPS) is 12.0. The highest BCUT2D eigenvalue weighted by molar-refractivity contribution is 7.99. The van der Waals surface area contributed by atoms with Crippen LogP contribution in [0.2, 0.25) is 0 Å². The van der Waals surface area contributed by atoms with Crippen molar-refractivity contribution in [2.24, 2.45) is 4.99 Å². The molecule has 0 fully saturated rings. The van der Waals surface area contributed by atoms with E-state index in [9.17, 15) is 4.79 Å². The Hall–Kier alpha value is -1.54. The minimum Gasteiger partial charge on any atom is -0.380 e. The first-order valence-electron chi connectivity index (χ1n) is 9.15. The third-order valence-electron chi connectivity index (χ3n) is 4.11. The second-order valence-electron chi connectivity index (χ2n) is 6.05. The molecule has 7 heteroatoms.